The van der Waals surface area contributed by atoms with E-state index >= 15 is 0 Å². The third kappa shape index (κ3) is 2.58. The number of ether oxygens (including phenoxy) is 1. The minimum atomic E-state index is -0.769. The topological polar surface area (TPSA) is 95.4 Å². The van der Waals surface area contributed by atoms with Gasteiger partial charge in [-0.25, -0.2) is 14.7 Å². The zero-order valence-corrected chi connectivity index (χ0v) is 14.5. The molecule has 26 heavy (non-hydrogen) atoms. The average molecular weight is 368 g/mol. The number of nitrogens with two attached hydrogens (primary N) is 1. The average Bonchev–Trinajstić information content (AvgIpc) is 3.04. The first kappa shape index (κ1) is 16.4. The minimum absolute atomic E-state index is 0.0896. The molecule has 1 unspecified atom stereocenters. The normalized spacial score (nSPS) is 15.6. The molecule has 1 aliphatic rings. The van der Waals surface area contributed by atoms with Crippen LogP contribution in [-0.4, -0.2) is 33.5 Å². The first-order valence-corrected chi connectivity index (χ1v) is 8.20. The first-order valence-electron chi connectivity index (χ1n) is 7.82. The lowest BCUT2D eigenvalue weighted by atomic mass is 10.0. The molecule has 0 saturated heterocycles. The first-order chi connectivity index (χ1) is 12.6. The molecular formula is C18H14ClN5O2. The maximum Gasteiger partial charge on any atom is 0.288 e. The van der Waals surface area contributed by atoms with E-state index in [1.807, 2.05) is 42.5 Å². The molecule has 8 heteroatoms. The monoisotopic (exact) mass is 367 g/mol. The highest BCUT2D eigenvalue weighted by atomic mass is 35.5. The molecule has 0 bridgehead atoms. The Morgan fingerprint density at radius 2 is 1.85 bits per heavy atom. The van der Waals surface area contributed by atoms with Crippen molar-refractivity contribution in [3.05, 3.63) is 76.3 Å². The Morgan fingerprint density at radius 3 is 2.54 bits per heavy atom. The lowest BCUT2D eigenvalue weighted by Crippen LogP contribution is -2.14. The van der Waals surface area contributed by atoms with Crippen LogP contribution in [0.1, 0.15) is 33.8 Å². The number of para-hydroxylation sites is 1. The summed E-state index contributed by atoms with van der Waals surface area (Å²) in [4.78, 5) is 20.5. The second-order valence-electron chi connectivity index (χ2n) is 5.63. The van der Waals surface area contributed by atoms with Gasteiger partial charge in [-0.15, -0.1) is 5.10 Å². The minimum Gasteiger partial charge on any atom is -0.363 e. The molecular weight excluding hydrogens is 354 g/mol. The Hall–Kier alpha value is -3.03. The van der Waals surface area contributed by atoms with Gasteiger partial charge in [-0.1, -0.05) is 48.0 Å². The van der Waals surface area contributed by atoms with E-state index in [1.54, 1.807) is 6.07 Å². The number of nitrogens with zero attached hydrogens (tertiary/aromatic N) is 4. The summed E-state index contributed by atoms with van der Waals surface area (Å²) in [5, 5.41) is 4.82. The summed E-state index contributed by atoms with van der Waals surface area (Å²) >= 11 is 6.40. The third-order valence-corrected chi connectivity index (χ3v) is 4.39. The van der Waals surface area contributed by atoms with E-state index in [4.69, 9.17) is 27.1 Å². The Bertz CT molecular complexity index is 1040. The summed E-state index contributed by atoms with van der Waals surface area (Å²) in [5.74, 6) is -0.433. The van der Waals surface area contributed by atoms with Gasteiger partial charge in [-0.3, -0.25) is 4.79 Å². The van der Waals surface area contributed by atoms with Crippen molar-refractivity contribution in [1.82, 2.24) is 14.8 Å². The molecule has 4 rings (SSSR count). The quantitative estimate of drug-likeness (QED) is 0.769. The molecule has 1 aromatic heterocycles. The summed E-state index contributed by atoms with van der Waals surface area (Å²) in [6.07, 6.45) is -0.769. The molecule has 0 radical (unpaired) electrons. The number of halogens is 1. The van der Waals surface area contributed by atoms with Crippen LogP contribution in [0.2, 0.25) is 5.02 Å². The van der Waals surface area contributed by atoms with Crippen LogP contribution < -0.4 is 5.73 Å². The lowest BCUT2D eigenvalue weighted by molar-refractivity contribution is 0.0985. The van der Waals surface area contributed by atoms with E-state index in [0.717, 1.165) is 11.1 Å². The zero-order valence-electron chi connectivity index (χ0n) is 13.8. The van der Waals surface area contributed by atoms with Crippen LogP contribution >= 0.6 is 11.6 Å². The SMILES string of the molecule is COC1N=C(c2ccccc2Cl)c2ccccc2-n2nc(C(N)=O)nc21. The van der Waals surface area contributed by atoms with Crippen molar-refractivity contribution in [2.45, 2.75) is 6.23 Å². The number of fused-ring (bicyclic) bond motifs is 3. The Labute approximate surface area is 154 Å². The maximum atomic E-state index is 11.5. The molecule has 7 nitrogen and oxygen atoms in total. The number of aromatic nitrogens is 3. The lowest BCUT2D eigenvalue weighted by Gasteiger charge is -2.11. The summed E-state index contributed by atoms with van der Waals surface area (Å²) in [7, 11) is 1.51. The predicted molar refractivity (Wildman–Crippen MR) is 96.7 cm³/mol. The van der Waals surface area contributed by atoms with Crippen molar-refractivity contribution in [3.63, 3.8) is 0 Å². The van der Waals surface area contributed by atoms with E-state index in [1.165, 1.54) is 11.8 Å². The number of primary amides is 1. The van der Waals surface area contributed by atoms with Gasteiger partial charge in [0.2, 0.25) is 12.1 Å². The van der Waals surface area contributed by atoms with E-state index in [0.29, 0.717) is 22.2 Å². The van der Waals surface area contributed by atoms with Gasteiger partial charge in [0.05, 0.1) is 11.4 Å². The molecule has 2 N–H and O–H groups in total. The summed E-state index contributed by atoms with van der Waals surface area (Å²) in [6.45, 7) is 0. The molecule has 2 heterocycles. The number of benzene rings is 2. The second-order valence-corrected chi connectivity index (χ2v) is 6.04. The second kappa shape index (κ2) is 6.36. The molecule has 0 fully saturated rings. The molecule has 2 aromatic carbocycles. The summed E-state index contributed by atoms with van der Waals surface area (Å²) < 4.78 is 7.05. The molecule has 0 aliphatic carbocycles. The van der Waals surface area contributed by atoms with Crippen LogP contribution in [-0.2, 0) is 4.74 Å². The Morgan fingerprint density at radius 1 is 1.15 bits per heavy atom. The van der Waals surface area contributed by atoms with Crippen molar-refractivity contribution < 1.29 is 9.53 Å². The molecule has 3 aromatic rings. The van der Waals surface area contributed by atoms with Gasteiger partial charge in [0.1, 0.15) is 0 Å². The van der Waals surface area contributed by atoms with Crippen molar-refractivity contribution in [1.29, 1.82) is 0 Å². The van der Waals surface area contributed by atoms with Crippen LogP contribution in [0.3, 0.4) is 0 Å². The molecule has 130 valence electrons. The standard InChI is InChI=1S/C18H14ClN5O2/c1-26-18-17-22-16(15(20)25)23-24(17)13-9-5-3-7-11(13)14(21-18)10-6-2-4-8-12(10)19/h2-9,18H,1H3,(H2,20,25). The van der Waals surface area contributed by atoms with E-state index < -0.39 is 12.1 Å². The smallest absolute Gasteiger partial charge is 0.288 e. The van der Waals surface area contributed by atoms with Crippen LogP contribution in [0.5, 0.6) is 0 Å². The number of aliphatic imine (C=N–C) groups is 1. The van der Waals surface area contributed by atoms with E-state index in [9.17, 15) is 4.79 Å². The fourth-order valence-electron chi connectivity index (χ4n) is 2.89. The van der Waals surface area contributed by atoms with Gasteiger partial charge in [0.25, 0.3) is 5.91 Å². The van der Waals surface area contributed by atoms with Gasteiger partial charge in [-0.05, 0) is 12.1 Å². The summed E-state index contributed by atoms with van der Waals surface area (Å²) in [5.41, 5.74) is 8.27. The van der Waals surface area contributed by atoms with E-state index in [2.05, 4.69) is 10.1 Å². The van der Waals surface area contributed by atoms with Crippen molar-refractivity contribution in [2.75, 3.05) is 7.11 Å². The largest absolute Gasteiger partial charge is 0.363 e. The number of rotatable bonds is 3. The number of carbonyl (C=O) groups is 1. The molecule has 0 spiro atoms. The predicted octanol–water partition coefficient (Wildman–Crippen LogP) is 2.52. The maximum absolute atomic E-state index is 11.5. The van der Waals surface area contributed by atoms with Gasteiger partial charge >= 0.3 is 0 Å². The number of hydrogen-bond donors (Lipinski definition) is 1. The molecule has 1 aliphatic heterocycles. The number of methoxy groups -OCH3 is 1. The highest BCUT2D eigenvalue weighted by Gasteiger charge is 2.29. The number of carbonyl (C=O) groups excluding carboxylic acids is 1. The Balaban J connectivity index is 2.02. The van der Waals surface area contributed by atoms with Gasteiger partial charge in [-0.2, -0.15) is 0 Å². The van der Waals surface area contributed by atoms with Gasteiger partial charge in [0, 0.05) is 23.3 Å². The van der Waals surface area contributed by atoms with Gasteiger partial charge in [0.15, 0.2) is 5.82 Å². The number of amides is 1. The van der Waals surface area contributed by atoms with Crippen LogP contribution in [0.25, 0.3) is 5.69 Å². The molecule has 1 amide bonds. The highest BCUT2D eigenvalue weighted by Crippen LogP contribution is 2.31. The summed E-state index contributed by atoms with van der Waals surface area (Å²) in [6, 6.07) is 15.0. The van der Waals surface area contributed by atoms with Gasteiger partial charge < -0.3 is 10.5 Å². The third-order valence-electron chi connectivity index (χ3n) is 4.06. The van der Waals surface area contributed by atoms with Crippen LogP contribution in [0.4, 0.5) is 0 Å². The fraction of sp³-hybridized carbons (Fsp3) is 0.111. The van der Waals surface area contributed by atoms with Crippen LogP contribution in [0, 0.1) is 0 Å². The zero-order chi connectivity index (χ0) is 18.3. The number of hydrogen-bond acceptors (Lipinski definition) is 5. The molecule has 0 saturated carbocycles. The fourth-order valence-corrected chi connectivity index (χ4v) is 3.12. The highest BCUT2D eigenvalue weighted by molar-refractivity contribution is 6.35. The van der Waals surface area contributed by atoms with Crippen molar-refractivity contribution in [2.24, 2.45) is 10.7 Å². The molecule has 1 atom stereocenters. The van der Waals surface area contributed by atoms with Crippen molar-refractivity contribution >= 4 is 23.2 Å². The van der Waals surface area contributed by atoms with Crippen LogP contribution in [0.15, 0.2) is 53.5 Å². The van der Waals surface area contributed by atoms with E-state index in [-0.39, 0.29) is 5.82 Å². The Kier molecular flexibility index (Phi) is 4.02. The van der Waals surface area contributed by atoms with Crippen molar-refractivity contribution in [3.8, 4) is 5.69 Å².